The lowest BCUT2D eigenvalue weighted by Crippen LogP contribution is -2.18. The van der Waals surface area contributed by atoms with Gasteiger partial charge in [0.15, 0.2) is 5.69 Å². The van der Waals surface area contributed by atoms with Crippen LogP contribution in [-0.2, 0) is 0 Å². The molecule has 0 atom stereocenters. The van der Waals surface area contributed by atoms with Gasteiger partial charge in [-0.15, -0.1) is 5.10 Å². The maximum Gasteiger partial charge on any atom is 0.373 e. The molecule has 2 N–H and O–H groups in total. The van der Waals surface area contributed by atoms with Crippen LogP contribution in [0.4, 0.5) is 5.69 Å². The Kier molecular flexibility index (Phi) is 5.53. The first-order chi connectivity index (χ1) is 15.5. The maximum absolute atomic E-state index is 13.0. The van der Waals surface area contributed by atoms with Crippen molar-refractivity contribution in [2.24, 2.45) is 0 Å². The van der Waals surface area contributed by atoms with E-state index in [-0.39, 0.29) is 17.4 Å². The van der Waals surface area contributed by atoms with Crippen LogP contribution in [0.15, 0.2) is 54.9 Å². The summed E-state index contributed by atoms with van der Waals surface area (Å²) in [4.78, 5) is 35.9. The molecule has 4 rings (SSSR count). The van der Waals surface area contributed by atoms with Crippen molar-refractivity contribution in [3.8, 4) is 22.8 Å². The second-order valence-corrected chi connectivity index (χ2v) is 6.58. The molecule has 1 aromatic carbocycles. The Bertz CT molecular complexity index is 1290. The molecule has 32 heavy (non-hydrogen) atoms. The Labute approximate surface area is 181 Å². The average Bonchev–Trinajstić information content (AvgIpc) is 3.21. The van der Waals surface area contributed by atoms with E-state index in [1.807, 2.05) is 30.3 Å². The zero-order valence-corrected chi connectivity index (χ0v) is 17.1. The summed E-state index contributed by atoms with van der Waals surface area (Å²) in [7, 11) is 1.42. The number of nitrogens with zero attached hydrogens (tertiary/aromatic N) is 6. The molecule has 1 amide bonds. The molecule has 3 aromatic heterocycles. The monoisotopic (exact) mass is 431 g/mol. The zero-order valence-electron chi connectivity index (χ0n) is 17.1. The van der Waals surface area contributed by atoms with Crippen molar-refractivity contribution in [2.75, 3.05) is 12.4 Å². The van der Waals surface area contributed by atoms with Crippen molar-refractivity contribution in [3.63, 3.8) is 0 Å². The van der Waals surface area contributed by atoms with Crippen molar-refractivity contribution in [3.05, 3.63) is 72.1 Å². The third kappa shape index (κ3) is 3.99. The number of para-hydroxylation sites is 1. The number of carboxylic acid groups (broad SMARTS) is 1. The Hall–Kier alpha value is -4.67. The van der Waals surface area contributed by atoms with E-state index >= 15 is 0 Å². The second-order valence-electron chi connectivity index (χ2n) is 6.58. The fourth-order valence-electron chi connectivity index (χ4n) is 2.97. The molecule has 0 fully saturated rings. The quantitative estimate of drug-likeness (QED) is 0.470. The molecule has 11 heteroatoms. The van der Waals surface area contributed by atoms with Crippen LogP contribution in [0, 0.1) is 6.92 Å². The van der Waals surface area contributed by atoms with E-state index in [9.17, 15) is 9.59 Å². The lowest BCUT2D eigenvalue weighted by molar-refractivity contribution is 0.0683. The van der Waals surface area contributed by atoms with Crippen LogP contribution in [0.3, 0.4) is 0 Å². The van der Waals surface area contributed by atoms with E-state index in [2.05, 4.69) is 30.6 Å². The van der Waals surface area contributed by atoms with Gasteiger partial charge in [0, 0.05) is 18.0 Å². The number of aryl methyl sites for hydroxylation is 1. The molecule has 0 saturated heterocycles. The highest BCUT2D eigenvalue weighted by Crippen LogP contribution is 2.27. The van der Waals surface area contributed by atoms with Crippen molar-refractivity contribution < 1.29 is 19.4 Å². The molecule has 0 bridgehead atoms. The lowest BCUT2D eigenvalue weighted by atomic mass is 10.2. The molecule has 4 aromatic rings. The number of anilines is 1. The minimum Gasteiger partial charge on any atom is -0.479 e. The molecule has 0 aliphatic heterocycles. The van der Waals surface area contributed by atoms with Gasteiger partial charge in [0.05, 0.1) is 24.2 Å². The number of amides is 1. The van der Waals surface area contributed by atoms with Gasteiger partial charge in [-0.05, 0) is 31.2 Å². The lowest BCUT2D eigenvalue weighted by Gasteiger charge is -2.12. The zero-order chi connectivity index (χ0) is 22.7. The van der Waals surface area contributed by atoms with Crippen LogP contribution >= 0.6 is 0 Å². The first-order valence-electron chi connectivity index (χ1n) is 9.37. The molecular formula is C21H17N7O4. The van der Waals surface area contributed by atoms with Crippen LogP contribution in [-0.4, -0.2) is 54.0 Å². The Morgan fingerprint density at radius 2 is 1.78 bits per heavy atom. The summed E-state index contributed by atoms with van der Waals surface area (Å²) in [6, 6.07) is 12.4. The highest BCUT2D eigenvalue weighted by atomic mass is 16.5. The number of benzene rings is 1. The normalized spacial score (nSPS) is 10.6. The summed E-state index contributed by atoms with van der Waals surface area (Å²) < 4.78 is 6.79. The van der Waals surface area contributed by atoms with Crippen molar-refractivity contribution in [2.45, 2.75) is 6.92 Å². The number of ether oxygens (including phenoxy) is 1. The third-order valence-electron chi connectivity index (χ3n) is 4.50. The molecule has 0 aliphatic rings. The Morgan fingerprint density at radius 1 is 1.06 bits per heavy atom. The van der Waals surface area contributed by atoms with Gasteiger partial charge < -0.3 is 15.2 Å². The summed E-state index contributed by atoms with van der Waals surface area (Å²) >= 11 is 0. The standard InChI is InChI=1S/C21H17N7O4/c1-12-17(28(27-26-12)14-6-4-3-5-7-14)19(29)24-16-9-8-15(25-20(16)32-2)13-10-22-18(21(30)31)23-11-13/h3-11H,1-2H3,(H,24,29)(H,30,31). The fraction of sp³-hybridized carbons (Fsp3) is 0.0952. The van der Waals surface area contributed by atoms with Gasteiger partial charge in [0.2, 0.25) is 11.7 Å². The molecule has 0 aliphatic carbocycles. The predicted octanol–water partition coefficient (Wildman–Crippen LogP) is 2.39. The van der Waals surface area contributed by atoms with Crippen molar-refractivity contribution in [1.82, 2.24) is 29.9 Å². The summed E-state index contributed by atoms with van der Waals surface area (Å²) in [5, 5.41) is 19.8. The maximum atomic E-state index is 13.0. The van der Waals surface area contributed by atoms with E-state index in [1.165, 1.54) is 24.2 Å². The van der Waals surface area contributed by atoms with Crippen LogP contribution in [0.5, 0.6) is 5.88 Å². The number of carbonyl (C=O) groups is 2. The van der Waals surface area contributed by atoms with Gasteiger partial charge in [0.25, 0.3) is 5.91 Å². The SMILES string of the molecule is COc1nc(-c2cnc(C(=O)O)nc2)ccc1NC(=O)c1c(C)nnn1-c1ccccc1. The smallest absolute Gasteiger partial charge is 0.373 e. The van der Waals surface area contributed by atoms with Gasteiger partial charge in [-0.25, -0.2) is 24.4 Å². The number of carboxylic acids is 1. The fourth-order valence-corrected chi connectivity index (χ4v) is 2.97. The molecule has 3 heterocycles. The number of pyridine rings is 1. The topological polar surface area (TPSA) is 145 Å². The van der Waals surface area contributed by atoms with Gasteiger partial charge in [-0.2, -0.15) is 0 Å². The summed E-state index contributed by atoms with van der Waals surface area (Å²) in [5.74, 6) is -1.81. The third-order valence-corrected chi connectivity index (χ3v) is 4.50. The number of hydrogen-bond donors (Lipinski definition) is 2. The molecular weight excluding hydrogens is 414 g/mol. The molecule has 0 radical (unpaired) electrons. The van der Waals surface area contributed by atoms with Gasteiger partial charge in [-0.3, -0.25) is 4.79 Å². The number of rotatable bonds is 6. The van der Waals surface area contributed by atoms with Crippen LogP contribution < -0.4 is 10.1 Å². The van der Waals surface area contributed by atoms with Crippen LogP contribution in [0.2, 0.25) is 0 Å². The minimum absolute atomic E-state index is 0.162. The summed E-state index contributed by atoms with van der Waals surface area (Å²) in [6.45, 7) is 1.70. The van der Waals surface area contributed by atoms with E-state index < -0.39 is 11.9 Å². The first kappa shape index (κ1) is 20.6. The van der Waals surface area contributed by atoms with Gasteiger partial charge in [-0.1, -0.05) is 23.4 Å². The average molecular weight is 431 g/mol. The van der Waals surface area contributed by atoms with Crippen LogP contribution in [0.1, 0.15) is 26.8 Å². The Morgan fingerprint density at radius 3 is 2.44 bits per heavy atom. The van der Waals surface area contributed by atoms with E-state index in [0.29, 0.717) is 28.3 Å². The van der Waals surface area contributed by atoms with E-state index in [4.69, 9.17) is 9.84 Å². The van der Waals surface area contributed by atoms with Gasteiger partial charge >= 0.3 is 5.97 Å². The summed E-state index contributed by atoms with van der Waals surface area (Å²) in [5.41, 5.74) is 2.72. The Balaban J connectivity index is 1.62. The summed E-state index contributed by atoms with van der Waals surface area (Å²) in [6.07, 6.45) is 2.70. The number of carbonyl (C=O) groups excluding carboxylic acids is 1. The molecule has 0 saturated carbocycles. The highest BCUT2D eigenvalue weighted by molar-refractivity contribution is 6.04. The number of hydrogen-bond acceptors (Lipinski definition) is 8. The number of methoxy groups -OCH3 is 1. The molecule has 160 valence electrons. The van der Waals surface area contributed by atoms with Crippen molar-refractivity contribution >= 4 is 17.6 Å². The highest BCUT2D eigenvalue weighted by Gasteiger charge is 2.21. The van der Waals surface area contributed by atoms with Gasteiger partial charge in [0.1, 0.15) is 5.69 Å². The minimum atomic E-state index is -1.22. The largest absolute Gasteiger partial charge is 0.479 e. The predicted molar refractivity (Wildman–Crippen MR) is 113 cm³/mol. The molecule has 0 spiro atoms. The first-order valence-corrected chi connectivity index (χ1v) is 9.37. The molecule has 0 unspecified atom stereocenters. The van der Waals surface area contributed by atoms with E-state index in [0.717, 1.165) is 0 Å². The van der Waals surface area contributed by atoms with Crippen molar-refractivity contribution in [1.29, 1.82) is 0 Å². The second kappa shape index (κ2) is 8.60. The number of nitrogens with one attached hydrogen (secondary N) is 1. The number of aromatic carboxylic acids is 1. The number of aromatic nitrogens is 6. The van der Waals surface area contributed by atoms with Crippen LogP contribution in [0.25, 0.3) is 16.9 Å². The van der Waals surface area contributed by atoms with E-state index in [1.54, 1.807) is 19.1 Å². The molecule has 11 nitrogen and oxygen atoms in total.